The first-order valence-corrected chi connectivity index (χ1v) is 13.7. The highest BCUT2D eigenvalue weighted by molar-refractivity contribution is 7.98. The van der Waals surface area contributed by atoms with Crippen LogP contribution in [0.5, 0.6) is 0 Å². The summed E-state index contributed by atoms with van der Waals surface area (Å²) >= 11 is 3.62. The summed E-state index contributed by atoms with van der Waals surface area (Å²) in [5.74, 6) is 2.70. The van der Waals surface area contributed by atoms with E-state index >= 15 is 0 Å². The Bertz CT molecular complexity index is 927. The minimum atomic E-state index is -0.487. The fourth-order valence-corrected chi connectivity index (χ4v) is 4.96. The first-order valence-electron chi connectivity index (χ1n) is 11.4. The number of rotatable bonds is 14. The molecule has 0 saturated carbocycles. The third-order valence-corrected chi connectivity index (χ3v) is 7.15. The highest BCUT2D eigenvalue weighted by Crippen LogP contribution is 2.16. The molecule has 0 saturated heterocycles. The van der Waals surface area contributed by atoms with E-state index in [2.05, 4.69) is 24.3 Å². The van der Waals surface area contributed by atoms with Gasteiger partial charge in [0.2, 0.25) is 0 Å². The van der Waals surface area contributed by atoms with E-state index in [4.69, 9.17) is 9.47 Å². The first-order chi connectivity index (χ1) is 16.7. The van der Waals surface area contributed by atoms with Crippen LogP contribution in [0.3, 0.4) is 0 Å². The van der Waals surface area contributed by atoms with Gasteiger partial charge in [0, 0.05) is 11.5 Å². The van der Waals surface area contributed by atoms with E-state index in [0.717, 1.165) is 35.9 Å². The average molecular weight is 495 g/mol. The molecule has 0 bridgehead atoms. The average Bonchev–Trinajstić information content (AvgIpc) is 2.89. The molecule has 6 heteroatoms. The van der Waals surface area contributed by atoms with Crippen LogP contribution in [0.2, 0.25) is 0 Å². The molecule has 0 N–H and O–H groups in total. The Morgan fingerprint density at radius 1 is 0.559 bits per heavy atom. The van der Waals surface area contributed by atoms with Gasteiger partial charge in [-0.25, -0.2) is 9.59 Å². The number of esters is 2. The number of hydrogen-bond acceptors (Lipinski definition) is 6. The van der Waals surface area contributed by atoms with E-state index in [-0.39, 0.29) is 11.1 Å². The van der Waals surface area contributed by atoms with Crippen LogP contribution < -0.4 is 0 Å². The van der Waals surface area contributed by atoms with Gasteiger partial charge in [-0.15, -0.1) is 0 Å². The van der Waals surface area contributed by atoms with E-state index in [1.165, 1.54) is 11.1 Å². The summed E-state index contributed by atoms with van der Waals surface area (Å²) in [6, 6.07) is 27.2. The minimum absolute atomic E-state index is 0.253. The second-order valence-corrected chi connectivity index (χ2v) is 9.81. The summed E-state index contributed by atoms with van der Waals surface area (Å²) in [6.45, 7) is 0.644. The van der Waals surface area contributed by atoms with E-state index in [9.17, 15) is 9.59 Å². The molecule has 3 aromatic rings. The van der Waals surface area contributed by atoms with Crippen molar-refractivity contribution in [2.45, 2.75) is 24.3 Å². The predicted molar refractivity (Wildman–Crippen MR) is 141 cm³/mol. The maximum atomic E-state index is 12.5. The lowest BCUT2D eigenvalue weighted by Gasteiger charge is -2.10. The zero-order chi connectivity index (χ0) is 23.8. The summed E-state index contributed by atoms with van der Waals surface area (Å²) < 4.78 is 10.8. The highest BCUT2D eigenvalue weighted by Gasteiger charge is 2.18. The largest absolute Gasteiger partial charge is 0.462 e. The number of carbonyl (C=O) groups excluding carboxylic acids is 2. The van der Waals surface area contributed by atoms with Crippen LogP contribution in [-0.4, -0.2) is 36.7 Å². The Hall–Kier alpha value is -2.70. The molecule has 0 aromatic heterocycles. The Morgan fingerprint density at radius 2 is 0.941 bits per heavy atom. The van der Waals surface area contributed by atoms with Crippen LogP contribution in [-0.2, 0) is 21.0 Å². The monoisotopic (exact) mass is 494 g/mol. The fourth-order valence-electron chi connectivity index (χ4n) is 3.17. The lowest BCUT2D eigenvalue weighted by Crippen LogP contribution is -2.15. The topological polar surface area (TPSA) is 52.6 Å². The standard InChI is InChI=1S/C28H30O4S2/c29-27(31-17-9-19-33-21-23-11-3-1-4-12-23)25-15-7-8-16-26(25)28(30)32-18-10-20-34-22-24-13-5-2-6-14-24/h1-8,11-16H,9-10,17-22H2. The zero-order valence-corrected chi connectivity index (χ0v) is 20.8. The van der Waals surface area contributed by atoms with Crippen LogP contribution in [0.4, 0.5) is 0 Å². The number of thioether (sulfide) groups is 2. The van der Waals surface area contributed by atoms with Gasteiger partial charge in [-0.1, -0.05) is 72.8 Å². The molecule has 0 fully saturated rings. The van der Waals surface area contributed by atoms with Crippen molar-refractivity contribution in [1.29, 1.82) is 0 Å². The van der Waals surface area contributed by atoms with E-state index in [1.54, 1.807) is 24.3 Å². The quantitative estimate of drug-likeness (QED) is 0.185. The zero-order valence-electron chi connectivity index (χ0n) is 19.2. The molecule has 0 atom stereocenters. The third kappa shape index (κ3) is 9.27. The van der Waals surface area contributed by atoms with Crippen molar-refractivity contribution < 1.29 is 19.1 Å². The Labute approximate surface area is 210 Å². The molecule has 0 radical (unpaired) electrons. The van der Waals surface area contributed by atoms with Crippen molar-refractivity contribution in [2.24, 2.45) is 0 Å². The van der Waals surface area contributed by atoms with Gasteiger partial charge in [-0.3, -0.25) is 0 Å². The molecule has 0 aliphatic carbocycles. The maximum absolute atomic E-state index is 12.5. The molecule has 0 amide bonds. The molecule has 0 unspecified atom stereocenters. The van der Waals surface area contributed by atoms with Gasteiger partial charge < -0.3 is 9.47 Å². The summed E-state index contributed by atoms with van der Waals surface area (Å²) in [5, 5.41) is 0. The fraction of sp³-hybridized carbons (Fsp3) is 0.286. The molecule has 0 aliphatic rings. The highest BCUT2D eigenvalue weighted by atomic mass is 32.2. The minimum Gasteiger partial charge on any atom is -0.462 e. The van der Waals surface area contributed by atoms with Gasteiger partial charge >= 0.3 is 11.9 Å². The Balaban J connectivity index is 1.33. The van der Waals surface area contributed by atoms with Crippen molar-refractivity contribution in [2.75, 3.05) is 24.7 Å². The van der Waals surface area contributed by atoms with Gasteiger partial charge in [0.15, 0.2) is 0 Å². The van der Waals surface area contributed by atoms with Gasteiger partial charge in [-0.2, -0.15) is 23.5 Å². The van der Waals surface area contributed by atoms with Gasteiger partial charge in [0.05, 0.1) is 24.3 Å². The number of hydrogen-bond donors (Lipinski definition) is 0. The SMILES string of the molecule is O=C(OCCCSCc1ccccc1)c1ccccc1C(=O)OCCCSCc1ccccc1. The van der Waals surface area contributed by atoms with Crippen molar-refractivity contribution in [1.82, 2.24) is 0 Å². The summed E-state index contributed by atoms with van der Waals surface area (Å²) in [7, 11) is 0. The molecule has 0 spiro atoms. The second-order valence-electron chi connectivity index (χ2n) is 7.60. The normalized spacial score (nSPS) is 10.6. The van der Waals surface area contributed by atoms with Crippen LogP contribution in [0.1, 0.15) is 44.7 Å². The number of ether oxygens (including phenoxy) is 2. The molecular formula is C28H30O4S2. The summed E-state index contributed by atoms with van der Waals surface area (Å²) in [6.07, 6.45) is 1.52. The predicted octanol–water partition coefficient (Wildman–Crippen LogP) is 6.65. The smallest absolute Gasteiger partial charge is 0.339 e. The van der Waals surface area contributed by atoms with Crippen LogP contribution in [0.15, 0.2) is 84.9 Å². The molecular weight excluding hydrogens is 464 g/mol. The molecule has 3 aromatic carbocycles. The third-order valence-electron chi connectivity index (χ3n) is 4.92. The number of benzene rings is 3. The summed E-state index contributed by atoms with van der Waals surface area (Å²) in [5.41, 5.74) is 3.07. The molecule has 0 heterocycles. The van der Waals surface area contributed by atoms with E-state index < -0.39 is 11.9 Å². The van der Waals surface area contributed by atoms with Crippen molar-refractivity contribution >= 4 is 35.5 Å². The van der Waals surface area contributed by atoms with E-state index in [0.29, 0.717) is 13.2 Å². The maximum Gasteiger partial charge on any atom is 0.339 e. The first kappa shape index (κ1) is 25.9. The van der Waals surface area contributed by atoms with Gasteiger partial charge in [0.25, 0.3) is 0 Å². The molecule has 178 valence electrons. The Kier molecular flexibility index (Phi) is 11.6. The molecule has 4 nitrogen and oxygen atoms in total. The Morgan fingerprint density at radius 3 is 1.35 bits per heavy atom. The van der Waals surface area contributed by atoms with Gasteiger partial charge in [-0.05, 0) is 47.6 Å². The molecule has 3 rings (SSSR count). The number of carbonyl (C=O) groups is 2. The molecule has 0 aliphatic heterocycles. The van der Waals surface area contributed by atoms with Crippen molar-refractivity contribution in [3.05, 3.63) is 107 Å². The lowest BCUT2D eigenvalue weighted by atomic mass is 10.1. The second kappa shape index (κ2) is 15.3. The summed E-state index contributed by atoms with van der Waals surface area (Å²) in [4.78, 5) is 25.1. The van der Waals surface area contributed by atoms with Crippen LogP contribution in [0.25, 0.3) is 0 Å². The van der Waals surface area contributed by atoms with Crippen LogP contribution >= 0.6 is 23.5 Å². The van der Waals surface area contributed by atoms with Crippen LogP contribution in [0, 0.1) is 0 Å². The van der Waals surface area contributed by atoms with Gasteiger partial charge in [0.1, 0.15) is 0 Å². The van der Waals surface area contributed by atoms with E-state index in [1.807, 2.05) is 59.9 Å². The lowest BCUT2D eigenvalue weighted by molar-refractivity contribution is 0.0459. The molecule has 34 heavy (non-hydrogen) atoms. The van der Waals surface area contributed by atoms with Crippen molar-refractivity contribution in [3.8, 4) is 0 Å². The van der Waals surface area contributed by atoms with Crippen molar-refractivity contribution in [3.63, 3.8) is 0 Å².